The van der Waals surface area contributed by atoms with Crippen molar-refractivity contribution in [3.05, 3.63) is 24.0 Å². The van der Waals surface area contributed by atoms with E-state index in [1.54, 1.807) is 36.1 Å². The number of rotatable bonds is 2. The molecule has 0 bridgehead atoms. The molecule has 1 heterocycles. The van der Waals surface area contributed by atoms with Gasteiger partial charge >= 0.3 is 0 Å². The number of nitrogens with one attached hydrogen (secondary N) is 1. The minimum atomic E-state index is 0.0191. The van der Waals surface area contributed by atoms with Crippen LogP contribution in [0.15, 0.2) is 24.0 Å². The molecule has 5 heteroatoms. The van der Waals surface area contributed by atoms with E-state index in [9.17, 15) is 0 Å². The van der Waals surface area contributed by atoms with E-state index in [0.717, 1.165) is 0 Å². The Hall–Kier alpha value is -2.27. The number of allylic oxidation sites excluding steroid dienone is 1. The maximum atomic E-state index is 8.40. The van der Waals surface area contributed by atoms with Gasteiger partial charge in [-0.3, -0.25) is 4.68 Å². The van der Waals surface area contributed by atoms with Gasteiger partial charge in [0, 0.05) is 25.5 Å². The number of aromatic nitrogens is 2. The van der Waals surface area contributed by atoms with E-state index < -0.39 is 0 Å². The minimum Gasteiger partial charge on any atom is -0.343 e. The quantitative estimate of drug-likeness (QED) is 0.670. The zero-order chi connectivity index (χ0) is 9.68. The Morgan fingerprint density at radius 3 is 2.77 bits per heavy atom. The molecule has 0 fully saturated rings. The topological polar surface area (TPSA) is 77.4 Å². The molecule has 0 atom stereocenters. The Bertz CT molecular complexity index is 385. The van der Waals surface area contributed by atoms with Crippen LogP contribution in [-0.4, -0.2) is 9.78 Å². The minimum absolute atomic E-state index is 0.0191. The molecule has 13 heavy (non-hydrogen) atoms. The fourth-order valence-electron chi connectivity index (χ4n) is 0.728. The Kier molecular flexibility index (Phi) is 2.67. The zero-order valence-corrected chi connectivity index (χ0v) is 7.02. The van der Waals surface area contributed by atoms with Crippen molar-refractivity contribution in [1.29, 1.82) is 10.5 Å². The van der Waals surface area contributed by atoms with Crippen LogP contribution in [0.2, 0.25) is 0 Å². The van der Waals surface area contributed by atoms with E-state index in [4.69, 9.17) is 10.5 Å². The second kappa shape index (κ2) is 3.93. The summed E-state index contributed by atoms with van der Waals surface area (Å²) in [4.78, 5) is 0. The first kappa shape index (κ1) is 8.82. The molecule has 0 aliphatic carbocycles. The molecule has 0 amide bonds. The summed E-state index contributed by atoms with van der Waals surface area (Å²) in [6.07, 6.45) is 3.08. The van der Waals surface area contributed by atoms with Crippen LogP contribution in [0.4, 0.5) is 5.82 Å². The lowest BCUT2D eigenvalue weighted by molar-refractivity contribution is 0.771. The summed E-state index contributed by atoms with van der Waals surface area (Å²) in [6, 6.07) is 5.20. The fraction of sp³-hybridized carbons (Fsp3) is 0.125. The summed E-state index contributed by atoms with van der Waals surface area (Å²) in [5, 5.41) is 23.5. The molecule has 0 aliphatic rings. The number of aryl methyl sites for hydroxylation is 1. The number of nitrogens with zero attached hydrogens (tertiary/aromatic N) is 4. The van der Waals surface area contributed by atoms with Crippen molar-refractivity contribution in [1.82, 2.24) is 9.78 Å². The first-order valence-electron chi connectivity index (χ1n) is 3.53. The largest absolute Gasteiger partial charge is 0.343 e. The fourth-order valence-corrected chi connectivity index (χ4v) is 0.728. The van der Waals surface area contributed by atoms with E-state index in [1.807, 2.05) is 0 Å². The third-order valence-corrected chi connectivity index (χ3v) is 1.32. The van der Waals surface area contributed by atoms with Gasteiger partial charge < -0.3 is 5.32 Å². The van der Waals surface area contributed by atoms with Gasteiger partial charge in [0.2, 0.25) is 0 Å². The van der Waals surface area contributed by atoms with Crippen LogP contribution in [0, 0.1) is 22.7 Å². The summed E-state index contributed by atoms with van der Waals surface area (Å²) < 4.78 is 1.62. The highest BCUT2D eigenvalue weighted by molar-refractivity contribution is 5.43. The molecular weight excluding hydrogens is 166 g/mol. The van der Waals surface area contributed by atoms with Crippen molar-refractivity contribution >= 4 is 5.82 Å². The van der Waals surface area contributed by atoms with Crippen LogP contribution in [-0.2, 0) is 7.05 Å². The molecule has 1 aromatic rings. The van der Waals surface area contributed by atoms with Crippen LogP contribution in [0.5, 0.6) is 0 Å². The van der Waals surface area contributed by atoms with Gasteiger partial charge in [-0.15, -0.1) is 0 Å². The Morgan fingerprint density at radius 1 is 1.62 bits per heavy atom. The normalized spacial score (nSPS) is 8.23. The summed E-state index contributed by atoms with van der Waals surface area (Å²) in [5.41, 5.74) is 0.0191. The molecule has 1 rings (SSSR count). The van der Waals surface area contributed by atoms with Gasteiger partial charge in [-0.1, -0.05) is 0 Å². The van der Waals surface area contributed by atoms with Gasteiger partial charge in [0.15, 0.2) is 5.82 Å². The first-order chi connectivity index (χ1) is 6.26. The van der Waals surface area contributed by atoms with Gasteiger partial charge in [0.05, 0.1) is 0 Å². The predicted octanol–water partition coefficient (Wildman–Crippen LogP) is 0.763. The lowest BCUT2D eigenvalue weighted by atomic mass is 10.3. The van der Waals surface area contributed by atoms with Crippen molar-refractivity contribution < 1.29 is 0 Å². The smallest absolute Gasteiger partial charge is 0.151 e. The molecule has 0 saturated heterocycles. The zero-order valence-electron chi connectivity index (χ0n) is 7.02. The van der Waals surface area contributed by atoms with E-state index >= 15 is 0 Å². The predicted molar refractivity (Wildman–Crippen MR) is 46.1 cm³/mol. The van der Waals surface area contributed by atoms with Crippen LogP contribution >= 0.6 is 0 Å². The Balaban J connectivity index is 2.68. The van der Waals surface area contributed by atoms with E-state index in [2.05, 4.69) is 10.4 Å². The average Bonchev–Trinajstić information content (AvgIpc) is 2.53. The third kappa shape index (κ3) is 2.35. The first-order valence-corrected chi connectivity index (χ1v) is 3.53. The van der Waals surface area contributed by atoms with Crippen molar-refractivity contribution in [2.24, 2.45) is 7.05 Å². The number of nitriles is 2. The molecule has 5 nitrogen and oxygen atoms in total. The highest BCUT2D eigenvalue weighted by Crippen LogP contribution is 2.01. The molecule has 0 spiro atoms. The molecule has 0 radical (unpaired) electrons. The second-order valence-electron chi connectivity index (χ2n) is 2.30. The van der Waals surface area contributed by atoms with Gasteiger partial charge in [-0.25, -0.2) is 0 Å². The maximum Gasteiger partial charge on any atom is 0.151 e. The van der Waals surface area contributed by atoms with Crippen molar-refractivity contribution in [3.63, 3.8) is 0 Å². The van der Waals surface area contributed by atoms with Gasteiger partial charge in [-0.05, 0) is 0 Å². The van der Waals surface area contributed by atoms with E-state index in [1.165, 1.54) is 6.20 Å². The van der Waals surface area contributed by atoms with Crippen LogP contribution in [0.25, 0.3) is 0 Å². The van der Waals surface area contributed by atoms with Crippen molar-refractivity contribution in [2.45, 2.75) is 0 Å². The lowest BCUT2D eigenvalue weighted by Gasteiger charge is -1.91. The standard InChI is InChI=1S/C8H7N5/c1-13-3-2-8(12-13)11-6-7(4-9)5-10/h2-3,6H,1H3,(H,11,12). The average molecular weight is 173 g/mol. The van der Waals surface area contributed by atoms with Crippen LogP contribution in [0.3, 0.4) is 0 Å². The second-order valence-corrected chi connectivity index (χ2v) is 2.30. The summed E-state index contributed by atoms with van der Waals surface area (Å²) in [5.74, 6) is 0.602. The van der Waals surface area contributed by atoms with Crippen molar-refractivity contribution in [2.75, 3.05) is 5.32 Å². The monoisotopic (exact) mass is 173 g/mol. The Labute approximate surface area is 75.5 Å². The number of hydrogen-bond donors (Lipinski definition) is 1. The van der Waals surface area contributed by atoms with Gasteiger partial charge in [0.25, 0.3) is 0 Å². The molecule has 1 N–H and O–H groups in total. The molecule has 0 aromatic carbocycles. The summed E-state index contributed by atoms with van der Waals surface area (Å²) in [7, 11) is 1.78. The SMILES string of the molecule is Cn1ccc(NC=C(C#N)C#N)n1. The lowest BCUT2D eigenvalue weighted by Crippen LogP contribution is -1.93. The third-order valence-electron chi connectivity index (χ3n) is 1.32. The number of anilines is 1. The molecule has 0 aliphatic heterocycles. The molecule has 64 valence electrons. The molecule has 0 saturated carbocycles. The van der Waals surface area contributed by atoms with Crippen LogP contribution < -0.4 is 5.32 Å². The van der Waals surface area contributed by atoms with Gasteiger partial charge in [0.1, 0.15) is 17.7 Å². The highest BCUT2D eigenvalue weighted by atomic mass is 15.3. The van der Waals surface area contributed by atoms with Gasteiger partial charge in [-0.2, -0.15) is 15.6 Å². The van der Waals surface area contributed by atoms with Crippen LogP contribution in [0.1, 0.15) is 0 Å². The Morgan fingerprint density at radius 2 is 2.31 bits per heavy atom. The van der Waals surface area contributed by atoms with E-state index in [0.29, 0.717) is 5.82 Å². The number of hydrogen-bond acceptors (Lipinski definition) is 4. The highest BCUT2D eigenvalue weighted by Gasteiger charge is 1.94. The molecule has 0 unspecified atom stereocenters. The van der Waals surface area contributed by atoms with E-state index in [-0.39, 0.29) is 5.57 Å². The summed E-state index contributed by atoms with van der Waals surface area (Å²) >= 11 is 0. The summed E-state index contributed by atoms with van der Waals surface area (Å²) in [6.45, 7) is 0. The van der Waals surface area contributed by atoms with Crippen molar-refractivity contribution in [3.8, 4) is 12.1 Å². The maximum absolute atomic E-state index is 8.40. The molecule has 1 aromatic heterocycles. The molecular formula is C8H7N5.